The number of hydrogen-bond donors (Lipinski definition) is 2. The quantitative estimate of drug-likeness (QED) is 0.830. The Kier molecular flexibility index (Phi) is 3.67. The molecule has 1 aromatic rings. The lowest BCUT2D eigenvalue weighted by Crippen LogP contribution is -2.27. The van der Waals surface area contributed by atoms with Crippen molar-refractivity contribution in [3.05, 3.63) is 5.69 Å². The van der Waals surface area contributed by atoms with Crippen molar-refractivity contribution in [3.63, 3.8) is 0 Å². The van der Waals surface area contributed by atoms with Gasteiger partial charge >= 0.3 is 6.09 Å². The molecule has 0 unspecified atom stereocenters. The van der Waals surface area contributed by atoms with Crippen molar-refractivity contribution < 1.29 is 22.5 Å². The van der Waals surface area contributed by atoms with Crippen LogP contribution in [0.5, 0.6) is 0 Å². The van der Waals surface area contributed by atoms with Gasteiger partial charge in [0.1, 0.15) is 11.3 Å². The molecule has 0 saturated carbocycles. The summed E-state index contributed by atoms with van der Waals surface area (Å²) in [5.74, 6) is -0.357. The van der Waals surface area contributed by atoms with E-state index in [4.69, 9.17) is 9.88 Å². The van der Waals surface area contributed by atoms with Gasteiger partial charge in [-0.2, -0.15) is 0 Å². The number of anilines is 1. The van der Waals surface area contributed by atoms with Crippen LogP contribution in [-0.2, 0) is 14.8 Å². The minimum absolute atomic E-state index is 0.0589. The lowest BCUT2D eigenvalue weighted by atomic mass is 10.2. The zero-order valence-corrected chi connectivity index (χ0v) is 11.3. The molecule has 1 rings (SSSR count). The Morgan fingerprint density at radius 3 is 2.44 bits per heavy atom. The second kappa shape index (κ2) is 4.58. The maximum absolute atomic E-state index is 11.5. The molecule has 0 atom stereocenters. The van der Waals surface area contributed by atoms with E-state index in [9.17, 15) is 13.2 Å². The molecule has 0 radical (unpaired) electrons. The highest BCUT2D eigenvalue weighted by Crippen LogP contribution is 2.24. The molecule has 1 amide bonds. The maximum atomic E-state index is 11.5. The molecule has 1 aromatic heterocycles. The Labute approximate surface area is 105 Å². The van der Waals surface area contributed by atoms with E-state index in [0.29, 0.717) is 0 Å². The number of nitrogens with two attached hydrogens (primary N) is 1. The van der Waals surface area contributed by atoms with Gasteiger partial charge in [0, 0.05) is 0 Å². The summed E-state index contributed by atoms with van der Waals surface area (Å²) >= 11 is 0. The van der Waals surface area contributed by atoms with E-state index >= 15 is 0 Å². The summed E-state index contributed by atoms with van der Waals surface area (Å²) in [4.78, 5) is 11.1. The number of carbonyl (C=O) groups excluding carboxylic acids is 1. The number of rotatable bonds is 2. The second-order valence-corrected chi connectivity index (χ2v) is 6.10. The number of aryl methyl sites for hydroxylation is 1. The fourth-order valence-electron chi connectivity index (χ4n) is 1.17. The molecular formula is C9H15N3O5S. The number of amides is 1. The van der Waals surface area contributed by atoms with Gasteiger partial charge in [-0.3, -0.25) is 5.32 Å². The average molecular weight is 277 g/mol. The molecule has 0 bridgehead atoms. The van der Waals surface area contributed by atoms with Gasteiger partial charge in [-0.15, -0.1) is 0 Å². The third-order valence-corrected chi connectivity index (χ3v) is 2.76. The van der Waals surface area contributed by atoms with E-state index in [2.05, 4.69) is 15.0 Å². The molecule has 0 fully saturated rings. The van der Waals surface area contributed by atoms with Crippen LogP contribution >= 0.6 is 0 Å². The van der Waals surface area contributed by atoms with Crippen LogP contribution in [0.1, 0.15) is 26.5 Å². The third-order valence-electron chi connectivity index (χ3n) is 1.71. The summed E-state index contributed by atoms with van der Waals surface area (Å²) in [6.45, 7) is 6.39. The summed E-state index contributed by atoms with van der Waals surface area (Å²) in [5, 5.41) is 10.6. The van der Waals surface area contributed by atoms with E-state index in [-0.39, 0.29) is 16.5 Å². The molecule has 0 aromatic carbocycles. The molecule has 0 aliphatic rings. The number of nitrogens with one attached hydrogen (secondary N) is 1. The van der Waals surface area contributed by atoms with Crippen LogP contribution in [0.2, 0.25) is 0 Å². The molecule has 0 aliphatic heterocycles. The van der Waals surface area contributed by atoms with Crippen LogP contribution < -0.4 is 10.5 Å². The molecule has 0 saturated heterocycles. The molecule has 3 N–H and O–H groups in total. The first-order valence-corrected chi connectivity index (χ1v) is 6.54. The van der Waals surface area contributed by atoms with Crippen molar-refractivity contribution in [1.82, 2.24) is 5.16 Å². The first kappa shape index (κ1) is 14.5. The fraction of sp³-hybridized carbons (Fsp3) is 0.556. The monoisotopic (exact) mass is 277 g/mol. The maximum Gasteiger partial charge on any atom is 0.414 e. The highest BCUT2D eigenvalue weighted by molar-refractivity contribution is 7.89. The standard InChI is InChI=1S/C9H15N3O5S/c1-5-6(18(10,14)15)7(17-12-5)11-8(13)16-9(2,3)4/h1-4H3,(H,11,13)(H2,10,14,15). The molecule has 0 spiro atoms. The van der Waals surface area contributed by atoms with Gasteiger partial charge in [0.25, 0.3) is 5.88 Å². The SMILES string of the molecule is Cc1noc(NC(=O)OC(C)(C)C)c1S(N)(=O)=O. The van der Waals surface area contributed by atoms with E-state index < -0.39 is 21.7 Å². The summed E-state index contributed by atoms with van der Waals surface area (Å²) in [7, 11) is -4.04. The van der Waals surface area contributed by atoms with Crippen LogP contribution in [0, 0.1) is 6.92 Å². The van der Waals surface area contributed by atoms with Crippen molar-refractivity contribution in [2.24, 2.45) is 5.14 Å². The summed E-state index contributed by atoms with van der Waals surface area (Å²) in [6, 6.07) is 0. The van der Waals surface area contributed by atoms with E-state index in [1.54, 1.807) is 20.8 Å². The normalized spacial score (nSPS) is 12.3. The predicted octanol–water partition coefficient (Wildman–Crippen LogP) is 0.977. The van der Waals surface area contributed by atoms with Gasteiger partial charge < -0.3 is 9.26 Å². The number of hydrogen-bond acceptors (Lipinski definition) is 6. The molecule has 8 nitrogen and oxygen atoms in total. The predicted molar refractivity (Wildman–Crippen MR) is 62.5 cm³/mol. The lowest BCUT2D eigenvalue weighted by molar-refractivity contribution is 0.0631. The number of nitrogens with zero attached hydrogens (tertiary/aromatic N) is 1. The lowest BCUT2D eigenvalue weighted by Gasteiger charge is -2.19. The van der Waals surface area contributed by atoms with Crippen molar-refractivity contribution in [3.8, 4) is 0 Å². The van der Waals surface area contributed by atoms with Gasteiger partial charge in [-0.05, 0) is 27.7 Å². The number of carbonyl (C=O) groups is 1. The van der Waals surface area contributed by atoms with Crippen LogP contribution in [-0.4, -0.2) is 25.3 Å². The highest BCUT2D eigenvalue weighted by atomic mass is 32.2. The van der Waals surface area contributed by atoms with Gasteiger partial charge in [0.15, 0.2) is 4.90 Å². The molecule has 0 aliphatic carbocycles. The molecule has 9 heteroatoms. The van der Waals surface area contributed by atoms with E-state index in [1.165, 1.54) is 6.92 Å². The molecule has 1 heterocycles. The van der Waals surface area contributed by atoms with Crippen molar-refractivity contribution in [1.29, 1.82) is 0 Å². The van der Waals surface area contributed by atoms with Gasteiger partial charge in [-0.1, -0.05) is 5.16 Å². The van der Waals surface area contributed by atoms with Crippen LogP contribution in [0.4, 0.5) is 10.7 Å². The number of sulfonamides is 1. The van der Waals surface area contributed by atoms with E-state index in [1.807, 2.05) is 0 Å². The largest absolute Gasteiger partial charge is 0.444 e. The Balaban J connectivity index is 2.97. The zero-order valence-electron chi connectivity index (χ0n) is 10.5. The minimum Gasteiger partial charge on any atom is -0.444 e. The molecule has 18 heavy (non-hydrogen) atoms. The topological polar surface area (TPSA) is 125 Å². The van der Waals surface area contributed by atoms with Crippen molar-refractivity contribution in [2.75, 3.05) is 5.32 Å². The third kappa shape index (κ3) is 3.70. The smallest absolute Gasteiger partial charge is 0.414 e. The Hall–Kier alpha value is -1.61. The average Bonchev–Trinajstić information content (AvgIpc) is 2.41. The molecular weight excluding hydrogens is 262 g/mol. The first-order valence-electron chi connectivity index (χ1n) is 5.00. The van der Waals surface area contributed by atoms with Crippen molar-refractivity contribution in [2.45, 2.75) is 38.2 Å². The summed E-state index contributed by atoms with van der Waals surface area (Å²) < 4.78 is 32.2. The van der Waals surface area contributed by atoms with Crippen molar-refractivity contribution >= 4 is 22.0 Å². The number of ether oxygens (including phenoxy) is 1. The van der Waals surface area contributed by atoms with Gasteiger partial charge in [0.05, 0.1) is 0 Å². The van der Waals surface area contributed by atoms with Gasteiger partial charge in [-0.25, -0.2) is 18.4 Å². The Bertz CT molecular complexity index is 555. The van der Waals surface area contributed by atoms with E-state index in [0.717, 1.165) is 0 Å². The van der Waals surface area contributed by atoms with Crippen LogP contribution in [0.3, 0.4) is 0 Å². The summed E-state index contributed by atoms with van der Waals surface area (Å²) in [6.07, 6.45) is -0.858. The Morgan fingerprint density at radius 2 is 2.00 bits per heavy atom. The zero-order chi connectivity index (χ0) is 14.1. The second-order valence-electron chi connectivity index (χ2n) is 4.60. The Morgan fingerprint density at radius 1 is 1.44 bits per heavy atom. The van der Waals surface area contributed by atoms with Crippen LogP contribution in [0.15, 0.2) is 9.42 Å². The van der Waals surface area contributed by atoms with Crippen LogP contribution in [0.25, 0.3) is 0 Å². The fourth-order valence-corrected chi connectivity index (χ4v) is 1.97. The minimum atomic E-state index is -4.04. The molecule has 102 valence electrons. The highest BCUT2D eigenvalue weighted by Gasteiger charge is 2.26. The summed E-state index contributed by atoms with van der Waals surface area (Å²) in [5.41, 5.74) is -0.662. The number of aromatic nitrogens is 1. The van der Waals surface area contributed by atoms with Gasteiger partial charge in [0.2, 0.25) is 10.0 Å². The number of primary sulfonamides is 1. The first-order chi connectivity index (χ1) is 8.00.